The molecule has 1 aromatic carbocycles. The maximum atomic E-state index is 15.3. The lowest BCUT2D eigenvalue weighted by molar-refractivity contribution is -0.132. The van der Waals surface area contributed by atoms with Gasteiger partial charge in [-0.1, -0.05) is 0 Å². The van der Waals surface area contributed by atoms with E-state index in [-0.39, 0.29) is 17.7 Å². The minimum absolute atomic E-state index is 0.0902. The van der Waals surface area contributed by atoms with Gasteiger partial charge in [-0.05, 0) is 43.9 Å². The lowest BCUT2D eigenvalue weighted by atomic mass is 9.97. The summed E-state index contributed by atoms with van der Waals surface area (Å²) in [6.45, 7) is 1.82. The Hall–Kier alpha value is -2.26. The van der Waals surface area contributed by atoms with E-state index in [0.29, 0.717) is 37.7 Å². The molecule has 1 aromatic rings. The van der Waals surface area contributed by atoms with Crippen LogP contribution < -0.4 is 4.90 Å². The Morgan fingerprint density at radius 2 is 1.80 bits per heavy atom. The van der Waals surface area contributed by atoms with Gasteiger partial charge in [0.25, 0.3) is 5.91 Å². The summed E-state index contributed by atoms with van der Waals surface area (Å²) < 4.78 is 33.7. The standard InChI is InChI=1S/C21H27F2N3O4/c1-30-20(29)25-10-4-15(5-11-25)24-8-6-16(7-9-24)26-18-3-2-14(22)12-17(18)21(23,13-27)19(26)28/h2-3,12,15-16,27H,4-11,13H2,1H3. The van der Waals surface area contributed by atoms with E-state index in [4.69, 9.17) is 4.74 Å². The zero-order chi connectivity index (χ0) is 21.5. The molecule has 3 aliphatic rings. The van der Waals surface area contributed by atoms with Crippen molar-refractivity contribution >= 4 is 17.7 Å². The Labute approximate surface area is 174 Å². The van der Waals surface area contributed by atoms with E-state index in [1.54, 1.807) is 4.90 Å². The first kappa shape index (κ1) is 21.0. The van der Waals surface area contributed by atoms with Gasteiger partial charge in [0, 0.05) is 43.8 Å². The fourth-order valence-corrected chi connectivity index (χ4v) is 5.02. The highest BCUT2D eigenvalue weighted by Gasteiger charge is 2.53. The van der Waals surface area contributed by atoms with Crippen molar-refractivity contribution in [2.75, 3.05) is 44.8 Å². The minimum atomic E-state index is -2.59. The molecule has 2 fully saturated rings. The number of rotatable bonds is 3. The van der Waals surface area contributed by atoms with Crippen LogP contribution in [0.25, 0.3) is 0 Å². The predicted octanol–water partition coefficient (Wildman–Crippen LogP) is 2.02. The third-order valence-electron chi connectivity index (χ3n) is 6.70. The average Bonchev–Trinajstić information content (AvgIpc) is 3.00. The van der Waals surface area contributed by atoms with Crippen LogP contribution in [0.15, 0.2) is 18.2 Å². The number of nitrogens with zero attached hydrogens (tertiary/aromatic N) is 3. The molecule has 0 bridgehead atoms. The van der Waals surface area contributed by atoms with E-state index in [1.165, 1.54) is 24.1 Å². The molecule has 3 heterocycles. The molecule has 0 saturated carbocycles. The summed E-state index contributed by atoms with van der Waals surface area (Å²) in [6, 6.07) is 3.81. The normalized spacial score (nSPS) is 26.2. The van der Waals surface area contributed by atoms with Gasteiger partial charge in [0.2, 0.25) is 5.67 Å². The summed E-state index contributed by atoms with van der Waals surface area (Å²) >= 11 is 0. The predicted molar refractivity (Wildman–Crippen MR) is 105 cm³/mol. The van der Waals surface area contributed by atoms with Gasteiger partial charge in [-0.15, -0.1) is 0 Å². The summed E-state index contributed by atoms with van der Waals surface area (Å²) in [5, 5.41) is 9.55. The first-order valence-electron chi connectivity index (χ1n) is 10.4. The lowest BCUT2D eigenvalue weighted by Crippen LogP contribution is -2.53. The number of benzene rings is 1. The van der Waals surface area contributed by atoms with Crippen LogP contribution in [-0.4, -0.2) is 78.9 Å². The summed E-state index contributed by atoms with van der Waals surface area (Å²) in [6.07, 6.45) is 2.77. The van der Waals surface area contributed by atoms with Crippen LogP contribution in [0.4, 0.5) is 19.3 Å². The number of piperidine rings is 2. The first-order chi connectivity index (χ1) is 14.4. The van der Waals surface area contributed by atoms with Gasteiger partial charge < -0.3 is 24.5 Å². The number of methoxy groups -OCH3 is 1. The Morgan fingerprint density at radius 1 is 1.17 bits per heavy atom. The highest BCUT2D eigenvalue weighted by atomic mass is 19.1. The molecule has 0 aromatic heterocycles. The van der Waals surface area contributed by atoms with E-state index in [2.05, 4.69) is 4.90 Å². The van der Waals surface area contributed by atoms with Crippen LogP contribution >= 0.6 is 0 Å². The van der Waals surface area contributed by atoms with Crippen molar-refractivity contribution < 1.29 is 28.2 Å². The van der Waals surface area contributed by atoms with Gasteiger partial charge in [0.15, 0.2) is 0 Å². The van der Waals surface area contributed by atoms with Crippen LogP contribution in [0, 0.1) is 5.82 Å². The molecular weight excluding hydrogens is 396 g/mol. The minimum Gasteiger partial charge on any atom is -0.453 e. The summed E-state index contributed by atoms with van der Waals surface area (Å²) in [4.78, 5) is 30.0. The third-order valence-corrected chi connectivity index (χ3v) is 6.70. The maximum Gasteiger partial charge on any atom is 0.409 e. The van der Waals surface area contributed by atoms with E-state index in [0.717, 1.165) is 32.0 Å². The number of aliphatic hydroxyl groups is 1. The molecule has 0 aliphatic carbocycles. The number of anilines is 1. The van der Waals surface area contributed by atoms with Crippen molar-refractivity contribution in [1.82, 2.24) is 9.80 Å². The van der Waals surface area contributed by atoms with Crippen molar-refractivity contribution in [3.05, 3.63) is 29.6 Å². The second kappa shape index (κ2) is 8.11. The molecular formula is C21H27F2N3O4. The molecule has 0 radical (unpaired) electrons. The Morgan fingerprint density at radius 3 is 2.40 bits per heavy atom. The molecule has 164 valence electrons. The highest BCUT2D eigenvalue weighted by Crippen LogP contribution is 2.45. The van der Waals surface area contributed by atoms with Crippen LogP contribution in [0.2, 0.25) is 0 Å². The highest BCUT2D eigenvalue weighted by molar-refractivity contribution is 6.07. The van der Waals surface area contributed by atoms with Crippen molar-refractivity contribution in [2.24, 2.45) is 0 Å². The molecule has 9 heteroatoms. The number of carbonyl (C=O) groups is 2. The molecule has 1 N–H and O–H groups in total. The monoisotopic (exact) mass is 423 g/mol. The molecule has 2 saturated heterocycles. The molecule has 30 heavy (non-hydrogen) atoms. The smallest absolute Gasteiger partial charge is 0.409 e. The largest absolute Gasteiger partial charge is 0.453 e. The summed E-state index contributed by atoms with van der Waals surface area (Å²) in [5.41, 5.74) is -2.33. The van der Waals surface area contributed by atoms with Gasteiger partial charge in [-0.3, -0.25) is 4.79 Å². The second-order valence-electron chi connectivity index (χ2n) is 8.25. The number of alkyl halides is 1. The van der Waals surface area contributed by atoms with Gasteiger partial charge in [-0.2, -0.15) is 0 Å². The van der Waals surface area contributed by atoms with Gasteiger partial charge in [0.05, 0.1) is 19.4 Å². The molecule has 1 unspecified atom stereocenters. The van der Waals surface area contributed by atoms with E-state index < -0.39 is 24.0 Å². The number of aliphatic hydroxyl groups excluding tert-OH is 1. The topological polar surface area (TPSA) is 73.3 Å². The fourth-order valence-electron chi connectivity index (χ4n) is 5.02. The maximum absolute atomic E-state index is 15.3. The van der Waals surface area contributed by atoms with Crippen LogP contribution in [-0.2, 0) is 15.2 Å². The lowest BCUT2D eigenvalue weighted by Gasteiger charge is -2.43. The van der Waals surface area contributed by atoms with E-state index in [1.807, 2.05) is 0 Å². The van der Waals surface area contributed by atoms with E-state index >= 15 is 4.39 Å². The number of amides is 2. The third kappa shape index (κ3) is 3.43. The molecule has 7 nitrogen and oxygen atoms in total. The number of hydrogen-bond donors (Lipinski definition) is 1. The number of likely N-dealkylation sites (tertiary alicyclic amines) is 2. The molecule has 3 aliphatic heterocycles. The van der Waals surface area contributed by atoms with Crippen molar-refractivity contribution in [1.29, 1.82) is 0 Å². The zero-order valence-electron chi connectivity index (χ0n) is 17.0. The van der Waals surface area contributed by atoms with Crippen molar-refractivity contribution in [3.8, 4) is 0 Å². The number of hydrogen-bond acceptors (Lipinski definition) is 5. The van der Waals surface area contributed by atoms with E-state index in [9.17, 15) is 19.1 Å². The molecule has 2 amide bonds. The SMILES string of the molecule is COC(=O)N1CCC(N2CCC(N3C(=O)C(F)(CO)c4cc(F)ccc43)CC2)CC1. The fraction of sp³-hybridized carbons (Fsp3) is 0.619. The number of halogens is 2. The zero-order valence-corrected chi connectivity index (χ0v) is 17.0. The van der Waals surface area contributed by atoms with Crippen molar-refractivity contribution in [3.63, 3.8) is 0 Å². The van der Waals surface area contributed by atoms with Gasteiger partial charge in [0.1, 0.15) is 5.82 Å². The van der Waals surface area contributed by atoms with Crippen molar-refractivity contribution in [2.45, 2.75) is 43.4 Å². The van der Waals surface area contributed by atoms with Crippen LogP contribution in [0.1, 0.15) is 31.2 Å². The van der Waals surface area contributed by atoms with Crippen LogP contribution in [0.3, 0.4) is 0 Å². The molecule has 1 atom stereocenters. The summed E-state index contributed by atoms with van der Waals surface area (Å²) in [7, 11) is 1.38. The quantitative estimate of drug-likeness (QED) is 0.806. The molecule has 4 rings (SSSR count). The number of ether oxygens (including phenoxy) is 1. The second-order valence-corrected chi connectivity index (χ2v) is 8.25. The van der Waals surface area contributed by atoms with Gasteiger partial charge in [-0.25, -0.2) is 13.6 Å². The first-order valence-corrected chi connectivity index (χ1v) is 10.4. The molecule has 0 spiro atoms. The average molecular weight is 423 g/mol. The van der Waals surface area contributed by atoms with Gasteiger partial charge >= 0.3 is 6.09 Å². The number of fused-ring (bicyclic) bond motifs is 1. The summed E-state index contributed by atoms with van der Waals surface area (Å²) in [5.74, 6) is -1.44. The number of carbonyl (C=O) groups excluding carboxylic acids is 2. The Kier molecular flexibility index (Phi) is 5.67. The van der Waals surface area contributed by atoms with Crippen LogP contribution in [0.5, 0.6) is 0 Å². The Bertz CT molecular complexity index is 822. The Balaban J connectivity index is 1.41.